The SMILES string of the molecule is Cc1c(P)c(F)c(C(F)(F)F)c(F)c1P. The lowest BCUT2D eigenvalue weighted by atomic mass is 10.1. The summed E-state index contributed by atoms with van der Waals surface area (Å²) in [6.45, 7) is 1.34. The highest BCUT2D eigenvalue weighted by atomic mass is 31.0. The van der Waals surface area contributed by atoms with Crippen molar-refractivity contribution in [1.82, 2.24) is 0 Å². The van der Waals surface area contributed by atoms with Gasteiger partial charge in [-0.2, -0.15) is 13.2 Å². The van der Waals surface area contributed by atoms with E-state index in [1.54, 1.807) is 0 Å². The van der Waals surface area contributed by atoms with Crippen LogP contribution in [0.4, 0.5) is 22.0 Å². The Labute approximate surface area is 87.6 Å². The summed E-state index contributed by atoms with van der Waals surface area (Å²) in [6, 6.07) is 0. The first-order chi connectivity index (χ1) is 6.68. The Hall–Kier alpha value is -0.270. The molecule has 0 aliphatic carbocycles. The van der Waals surface area contributed by atoms with Gasteiger partial charge in [0.25, 0.3) is 0 Å². The minimum absolute atomic E-state index is 0.132. The summed E-state index contributed by atoms with van der Waals surface area (Å²) in [5.41, 5.74) is -1.71. The van der Waals surface area contributed by atoms with E-state index < -0.39 is 23.4 Å². The highest BCUT2D eigenvalue weighted by Crippen LogP contribution is 2.33. The second kappa shape index (κ2) is 3.95. The first-order valence-corrected chi connectivity index (χ1v) is 4.93. The van der Waals surface area contributed by atoms with Crippen LogP contribution in [0.15, 0.2) is 0 Å². The fraction of sp³-hybridized carbons (Fsp3) is 0.250. The van der Waals surface area contributed by atoms with Gasteiger partial charge in [-0.3, -0.25) is 0 Å². The van der Waals surface area contributed by atoms with Crippen molar-refractivity contribution in [3.8, 4) is 0 Å². The molecule has 0 fully saturated rings. The van der Waals surface area contributed by atoms with Gasteiger partial charge in [-0.05, 0) is 12.5 Å². The fourth-order valence-electron chi connectivity index (χ4n) is 1.09. The molecule has 0 N–H and O–H groups in total. The molecular formula is C8H7F5P2. The van der Waals surface area contributed by atoms with E-state index in [9.17, 15) is 22.0 Å². The van der Waals surface area contributed by atoms with Crippen LogP contribution in [0.2, 0.25) is 0 Å². The zero-order valence-electron chi connectivity index (χ0n) is 7.54. The highest BCUT2D eigenvalue weighted by molar-refractivity contribution is 7.29. The molecule has 15 heavy (non-hydrogen) atoms. The maximum absolute atomic E-state index is 13.2. The molecule has 0 aliphatic heterocycles. The Morgan fingerprint density at radius 3 is 1.53 bits per heavy atom. The number of hydrogen-bond acceptors (Lipinski definition) is 0. The molecule has 0 saturated heterocycles. The molecule has 0 aromatic heterocycles. The predicted molar refractivity (Wildman–Crippen MR) is 54.8 cm³/mol. The largest absolute Gasteiger partial charge is 0.422 e. The van der Waals surface area contributed by atoms with Gasteiger partial charge in [0.1, 0.15) is 17.2 Å². The zero-order valence-corrected chi connectivity index (χ0v) is 9.85. The normalized spacial score (nSPS) is 12.0. The van der Waals surface area contributed by atoms with Crippen molar-refractivity contribution in [2.45, 2.75) is 13.1 Å². The van der Waals surface area contributed by atoms with Crippen LogP contribution >= 0.6 is 18.5 Å². The van der Waals surface area contributed by atoms with Crippen molar-refractivity contribution < 1.29 is 22.0 Å². The molecule has 0 saturated carbocycles. The lowest BCUT2D eigenvalue weighted by molar-refractivity contribution is -0.142. The van der Waals surface area contributed by atoms with Crippen LogP contribution in [0.25, 0.3) is 0 Å². The van der Waals surface area contributed by atoms with Gasteiger partial charge < -0.3 is 0 Å². The molecule has 0 heterocycles. The van der Waals surface area contributed by atoms with Crippen molar-refractivity contribution >= 4 is 29.1 Å². The van der Waals surface area contributed by atoms with Gasteiger partial charge in [-0.1, -0.05) is 0 Å². The fourth-order valence-corrected chi connectivity index (χ4v) is 1.86. The van der Waals surface area contributed by atoms with Gasteiger partial charge >= 0.3 is 6.18 Å². The molecule has 1 aromatic carbocycles. The van der Waals surface area contributed by atoms with Crippen LogP contribution in [-0.2, 0) is 6.18 Å². The molecule has 0 spiro atoms. The zero-order chi connectivity index (χ0) is 12.0. The van der Waals surface area contributed by atoms with Gasteiger partial charge in [-0.25, -0.2) is 8.78 Å². The Balaban J connectivity index is 3.68. The third-order valence-corrected chi connectivity index (χ3v) is 3.38. The lowest BCUT2D eigenvalue weighted by Crippen LogP contribution is -2.25. The number of hydrogen-bond donors (Lipinski definition) is 0. The van der Waals surface area contributed by atoms with Crippen molar-refractivity contribution in [3.63, 3.8) is 0 Å². The number of alkyl halides is 3. The second-order valence-electron chi connectivity index (χ2n) is 2.95. The van der Waals surface area contributed by atoms with Crippen LogP contribution < -0.4 is 10.6 Å². The van der Waals surface area contributed by atoms with E-state index in [0.717, 1.165) is 0 Å². The molecule has 0 aliphatic rings. The molecule has 7 heteroatoms. The highest BCUT2D eigenvalue weighted by Gasteiger charge is 2.39. The Kier molecular flexibility index (Phi) is 3.37. The smallest absolute Gasteiger partial charge is 0.206 e. The lowest BCUT2D eigenvalue weighted by Gasteiger charge is -2.15. The van der Waals surface area contributed by atoms with E-state index in [1.165, 1.54) is 6.92 Å². The maximum atomic E-state index is 13.2. The molecule has 0 nitrogen and oxygen atoms in total. The molecular weight excluding hydrogens is 253 g/mol. The van der Waals surface area contributed by atoms with Crippen LogP contribution in [0.5, 0.6) is 0 Å². The monoisotopic (exact) mass is 260 g/mol. The second-order valence-corrected chi connectivity index (χ2v) is 4.11. The van der Waals surface area contributed by atoms with Crippen LogP contribution in [0, 0.1) is 18.6 Å². The van der Waals surface area contributed by atoms with Crippen LogP contribution in [0.3, 0.4) is 0 Å². The van der Waals surface area contributed by atoms with E-state index in [0.29, 0.717) is 0 Å². The molecule has 0 radical (unpaired) electrons. The standard InChI is InChI=1S/C8H7F5P2/c1-2-6(14)4(9)3(8(11,12)13)5(10)7(2)15/h14-15H2,1H3. The van der Waals surface area contributed by atoms with Crippen LogP contribution in [0.1, 0.15) is 11.1 Å². The molecule has 1 aromatic rings. The summed E-state index contributed by atoms with van der Waals surface area (Å²) in [6.07, 6.45) is -5.03. The van der Waals surface area contributed by atoms with E-state index in [1.807, 2.05) is 18.5 Å². The summed E-state index contributed by atoms with van der Waals surface area (Å²) in [5.74, 6) is -3.15. The summed E-state index contributed by atoms with van der Waals surface area (Å²) >= 11 is 0. The Bertz CT molecular complexity index is 381. The average molecular weight is 260 g/mol. The topological polar surface area (TPSA) is 0 Å². The van der Waals surface area contributed by atoms with Crippen molar-refractivity contribution in [2.75, 3.05) is 0 Å². The van der Waals surface area contributed by atoms with Crippen molar-refractivity contribution in [3.05, 3.63) is 22.8 Å². The van der Waals surface area contributed by atoms with Gasteiger partial charge in [0, 0.05) is 10.6 Å². The van der Waals surface area contributed by atoms with Gasteiger partial charge in [0.05, 0.1) is 0 Å². The molecule has 2 atom stereocenters. The maximum Gasteiger partial charge on any atom is 0.422 e. The number of rotatable bonds is 0. The third kappa shape index (κ3) is 2.14. The summed E-state index contributed by atoms with van der Waals surface area (Å²) in [4.78, 5) is 0. The van der Waals surface area contributed by atoms with Crippen molar-refractivity contribution in [2.24, 2.45) is 0 Å². The minimum Gasteiger partial charge on any atom is -0.206 e. The van der Waals surface area contributed by atoms with Crippen molar-refractivity contribution in [1.29, 1.82) is 0 Å². The first kappa shape index (κ1) is 12.8. The number of benzene rings is 1. The molecule has 84 valence electrons. The average Bonchev–Trinajstić information content (AvgIpc) is 2.09. The Morgan fingerprint density at radius 2 is 1.27 bits per heavy atom. The van der Waals surface area contributed by atoms with Gasteiger partial charge in [-0.15, -0.1) is 18.5 Å². The van der Waals surface area contributed by atoms with E-state index >= 15 is 0 Å². The molecule has 0 amide bonds. The summed E-state index contributed by atoms with van der Waals surface area (Å²) in [5, 5.41) is -0.539. The molecule has 0 bridgehead atoms. The number of halogens is 5. The van der Waals surface area contributed by atoms with E-state index in [4.69, 9.17) is 0 Å². The van der Waals surface area contributed by atoms with Gasteiger partial charge in [0.2, 0.25) is 0 Å². The Morgan fingerprint density at radius 1 is 0.933 bits per heavy atom. The first-order valence-electron chi connectivity index (χ1n) is 3.77. The quantitative estimate of drug-likeness (QED) is 0.496. The minimum atomic E-state index is -5.03. The van der Waals surface area contributed by atoms with Gasteiger partial charge in [0.15, 0.2) is 0 Å². The van der Waals surface area contributed by atoms with E-state index in [2.05, 4.69) is 0 Å². The molecule has 1 rings (SSSR count). The summed E-state index contributed by atoms with van der Waals surface area (Å²) in [7, 11) is 3.68. The van der Waals surface area contributed by atoms with Crippen LogP contribution in [-0.4, -0.2) is 0 Å². The predicted octanol–water partition coefficient (Wildman–Crippen LogP) is 2.29. The van der Waals surface area contributed by atoms with E-state index in [-0.39, 0.29) is 16.2 Å². The molecule has 2 unspecified atom stereocenters. The third-order valence-electron chi connectivity index (χ3n) is 2.00. The summed E-state index contributed by atoms with van der Waals surface area (Å²) < 4.78 is 63.3.